The summed E-state index contributed by atoms with van der Waals surface area (Å²) in [7, 11) is -3.56. The molecule has 0 unspecified atom stereocenters. The summed E-state index contributed by atoms with van der Waals surface area (Å²) < 4.78 is 27.6. The molecule has 2 fully saturated rings. The van der Waals surface area contributed by atoms with Crippen LogP contribution < -0.4 is 10.0 Å². The predicted octanol–water partition coefficient (Wildman–Crippen LogP) is 1.48. The third-order valence-electron chi connectivity index (χ3n) is 5.21. The van der Waals surface area contributed by atoms with Crippen molar-refractivity contribution in [3.63, 3.8) is 0 Å². The number of hydrogen-bond donors (Lipinski definition) is 2. The number of carbonyl (C=O) groups is 1. The van der Waals surface area contributed by atoms with Gasteiger partial charge in [-0.1, -0.05) is 13.8 Å². The van der Waals surface area contributed by atoms with E-state index in [2.05, 4.69) is 17.0 Å². The lowest BCUT2D eigenvalue weighted by Gasteiger charge is -2.35. The summed E-state index contributed by atoms with van der Waals surface area (Å²) in [6.07, 6.45) is 6.52. The summed E-state index contributed by atoms with van der Waals surface area (Å²) in [4.78, 5) is 14.4. The number of carbonyl (C=O) groups excluding carboxylic acids is 1. The van der Waals surface area contributed by atoms with Gasteiger partial charge in [0.1, 0.15) is 5.75 Å². The van der Waals surface area contributed by atoms with Gasteiger partial charge in [-0.05, 0) is 64.0 Å². The number of rotatable bonds is 7. The van der Waals surface area contributed by atoms with E-state index in [0.29, 0.717) is 12.5 Å². The average molecular weight is 360 g/mol. The molecule has 0 aromatic heterocycles. The molecule has 1 aliphatic carbocycles. The van der Waals surface area contributed by atoms with Crippen LogP contribution >= 0.6 is 0 Å². The van der Waals surface area contributed by atoms with Gasteiger partial charge in [0.05, 0.1) is 0 Å². The molecule has 7 heteroatoms. The van der Waals surface area contributed by atoms with Crippen LogP contribution in [0.1, 0.15) is 58.8 Å². The minimum absolute atomic E-state index is 0.00231. The molecule has 1 amide bonds. The Morgan fingerprint density at radius 2 is 1.75 bits per heavy atom. The molecule has 6 nitrogen and oxygen atoms in total. The number of nitrogens with one attached hydrogen (secondary N) is 2. The SMILES string of the molecule is CCCN(C(=O)CS(=O)(=O)NC1CCC(C)CC1)C1CCNCC1. The van der Waals surface area contributed by atoms with Crippen LogP contribution in [0.2, 0.25) is 0 Å². The van der Waals surface area contributed by atoms with Crippen LogP contribution in [0.5, 0.6) is 0 Å². The third-order valence-corrected chi connectivity index (χ3v) is 6.53. The van der Waals surface area contributed by atoms with Crippen LogP contribution in [0, 0.1) is 5.92 Å². The largest absolute Gasteiger partial charge is 0.339 e. The molecule has 2 aliphatic rings. The maximum Gasteiger partial charge on any atom is 0.239 e. The van der Waals surface area contributed by atoms with Crippen molar-refractivity contribution in [1.29, 1.82) is 0 Å². The van der Waals surface area contributed by atoms with E-state index in [1.807, 2.05) is 6.92 Å². The fourth-order valence-corrected chi connectivity index (χ4v) is 5.11. The highest BCUT2D eigenvalue weighted by Gasteiger charge is 2.30. The van der Waals surface area contributed by atoms with E-state index in [4.69, 9.17) is 0 Å². The summed E-state index contributed by atoms with van der Waals surface area (Å²) in [5.74, 6) is 0.0102. The first-order chi connectivity index (χ1) is 11.4. The highest BCUT2D eigenvalue weighted by Crippen LogP contribution is 2.24. The Hall–Kier alpha value is -0.660. The second-order valence-electron chi connectivity index (χ2n) is 7.40. The molecule has 24 heavy (non-hydrogen) atoms. The number of sulfonamides is 1. The molecule has 0 bridgehead atoms. The van der Waals surface area contributed by atoms with E-state index < -0.39 is 15.8 Å². The second kappa shape index (κ2) is 9.15. The molecule has 1 saturated carbocycles. The quantitative estimate of drug-likeness (QED) is 0.722. The maximum absolute atomic E-state index is 12.6. The first-order valence-corrected chi connectivity index (χ1v) is 11.1. The van der Waals surface area contributed by atoms with Crippen molar-refractivity contribution in [2.45, 2.75) is 70.9 Å². The molecule has 1 heterocycles. The van der Waals surface area contributed by atoms with Gasteiger partial charge in [-0.2, -0.15) is 0 Å². The van der Waals surface area contributed by atoms with Crippen LogP contribution in [0.15, 0.2) is 0 Å². The van der Waals surface area contributed by atoms with E-state index in [-0.39, 0.29) is 18.0 Å². The van der Waals surface area contributed by atoms with Crippen molar-refractivity contribution in [3.05, 3.63) is 0 Å². The van der Waals surface area contributed by atoms with Gasteiger partial charge in [0, 0.05) is 18.6 Å². The second-order valence-corrected chi connectivity index (χ2v) is 9.16. The third kappa shape index (κ3) is 6.01. The Labute approximate surface area is 146 Å². The van der Waals surface area contributed by atoms with Crippen LogP contribution in [0.25, 0.3) is 0 Å². The molecule has 140 valence electrons. The molecule has 0 aromatic carbocycles. The summed E-state index contributed by atoms with van der Waals surface area (Å²) in [6.45, 7) is 6.65. The van der Waals surface area contributed by atoms with Crippen LogP contribution in [0.4, 0.5) is 0 Å². The van der Waals surface area contributed by atoms with E-state index in [9.17, 15) is 13.2 Å². The minimum atomic E-state index is -3.56. The molecular formula is C17H33N3O3S. The lowest BCUT2D eigenvalue weighted by molar-refractivity contribution is -0.131. The van der Waals surface area contributed by atoms with Gasteiger partial charge in [0.2, 0.25) is 15.9 Å². The highest BCUT2D eigenvalue weighted by molar-refractivity contribution is 7.90. The zero-order chi connectivity index (χ0) is 17.6. The van der Waals surface area contributed by atoms with Crippen LogP contribution in [-0.2, 0) is 14.8 Å². The number of hydrogen-bond acceptors (Lipinski definition) is 4. The van der Waals surface area contributed by atoms with Crippen molar-refractivity contribution < 1.29 is 13.2 Å². The van der Waals surface area contributed by atoms with Crippen molar-refractivity contribution >= 4 is 15.9 Å². The topological polar surface area (TPSA) is 78.5 Å². The monoisotopic (exact) mass is 359 g/mol. The van der Waals surface area contributed by atoms with Crippen molar-refractivity contribution in [2.75, 3.05) is 25.4 Å². The fraction of sp³-hybridized carbons (Fsp3) is 0.941. The molecule has 1 aliphatic heterocycles. The standard InChI is InChI=1S/C17H33N3O3S/c1-3-12-20(16-8-10-18-11-9-16)17(21)13-24(22,23)19-15-6-4-14(2)5-7-15/h14-16,18-19H,3-13H2,1-2H3. The van der Waals surface area contributed by atoms with Gasteiger partial charge >= 0.3 is 0 Å². The first kappa shape index (κ1) is 19.7. The summed E-state index contributed by atoms with van der Waals surface area (Å²) >= 11 is 0. The normalized spacial score (nSPS) is 26.2. The van der Waals surface area contributed by atoms with E-state index in [1.54, 1.807) is 4.90 Å². The van der Waals surface area contributed by atoms with Gasteiger partial charge in [0.15, 0.2) is 0 Å². The molecular weight excluding hydrogens is 326 g/mol. The Bertz CT molecular complexity index is 495. The smallest absolute Gasteiger partial charge is 0.239 e. The Balaban J connectivity index is 1.91. The summed E-state index contributed by atoms with van der Waals surface area (Å²) in [6, 6.07) is 0.168. The van der Waals surface area contributed by atoms with Gasteiger partial charge in [-0.15, -0.1) is 0 Å². The molecule has 0 atom stereocenters. The molecule has 0 aromatic rings. The lowest BCUT2D eigenvalue weighted by atomic mass is 9.88. The fourth-order valence-electron chi connectivity index (χ4n) is 3.79. The number of nitrogens with zero attached hydrogens (tertiary/aromatic N) is 1. The summed E-state index contributed by atoms with van der Waals surface area (Å²) in [5.41, 5.74) is 0. The Morgan fingerprint density at radius 1 is 1.12 bits per heavy atom. The van der Waals surface area contributed by atoms with E-state index in [0.717, 1.165) is 58.0 Å². The highest BCUT2D eigenvalue weighted by atomic mass is 32.2. The number of amides is 1. The zero-order valence-electron chi connectivity index (χ0n) is 15.1. The molecule has 0 spiro atoms. The van der Waals surface area contributed by atoms with Crippen molar-refractivity contribution in [3.8, 4) is 0 Å². The van der Waals surface area contributed by atoms with Gasteiger partial charge in [-0.25, -0.2) is 13.1 Å². The van der Waals surface area contributed by atoms with Gasteiger partial charge < -0.3 is 10.2 Å². The predicted molar refractivity (Wildman–Crippen MR) is 96.2 cm³/mol. The Morgan fingerprint density at radius 3 is 2.33 bits per heavy atom. The zero-order valence-corrected chi connectivity index (χ0v) is 15.9. The van der Waals surface area contributed by atoms with E-state index >= 15 is 0 Å². The average Bonchev–Trinajstić information content (AvgIpc) is 2.55. The van der Waals surface area contributed by atoms with Crippen molar-refractivity contribution in [2.24, 2.45) is 5.92 Å². The van der Waals surface area contributed by atoms with Gasteiger partial charge in [0.25, 0.3) is 0 Å². The van der Waals surface area contributed by atoms with Crippen molar-refractivity contribution in [1.82, 2.24) is 14.9 Å². The molecule has 2 N–H and O–H groups in total. The van der Waals surface area contributed by atoms with Gasteiger partial charge in [-0.3, -0.25) is 4.79 Å². The Kier molecular flexibility index (Phi) is 7.50. The number of piperidine rings is 1. The van der Waals surface area contributed by atoms with Crippen LogP contribution in [-0.4, -0.2) is 56.7 Å². The lowest BCUT2D eigenvalue weighted by Crippen LogP contribution is -2.50. The molecule has 0 radical (unpaired) electrons. The summed E-state index contributed by atoms with van der Waals surface area (Å²) in [5, 5.41) is 3.29. The first-order valence-electron chi connectivity index (χ1n) is 9.41. The minimum Gasteiger partial charge on any atom is -0.339 e. The van der Waals surface area contributed by atoms with E-state index in [1.165, 1.54) is 0 Å². The van der Waals surface area contributed by atoms with Crippen LogP contribution in [0.3, 0.4) is 0 Å². The molecule has 1 saturated heterocycles. The maximum atomic E-state index is 12.6. The molecule has 2 rings (SSSR count).